The molecule has 1 aliphatic rings. The highest BCUT2D eigenvalue weighted by molar-refractivity contribution is 6.41. The molecule has 5 heteroatoms. The zero-order chi connectivity index (χ0) is 14.4. The predicted molar refractivity (Wildman–Crippen MR) is 79.0 cm³/mol. The van der Waals surface area contributed by atoms with Crippen LogP contribution < -0.4 is 5.32 Å². The molecule has 2 aromatic rings. The third-order valence-corrected chi connectivity index (χ3v) is 4.06. The van der Waals surface area contributed by atoms with Gasteiger partial charge in [-0.3, -0.25) is 4.79 Å². The van der Waals surface area contributed by atoms with Crippen molar-refractivity contribution in [2.24, 2.45) is 0 Å². The van der Waals surface area contributed by atoms with Gasteiger partial charge in [0.2, 0.25) is 5.91 Å². The molecule has 0 aromatic heterocycles. The predicted octanol–water partition coefficient (Wildman–Crippen LogP) is 4.66. The van der Waals surface area contributed by atoms with Crippen LogP contribution in [-0.2, 0) is 11.2 Å². The zero-order valence-corrected chi connectivity index (χ0v) is 12.1. The minimum Gasteiger partial charge on any atom is -0.324 e. The first-order chi connectivity index (χ1) is 9.47. The summed E-state index contributed by atoms with van der Waals surface area (Å²) in [5.41, 5.74) is 3.97. The number of fused-ring (bicyclic) bond motifs is 3. The normalized spacial score (nSPS) is 12.0. The lowest BCUT2D eigenvalue weighted by atomic mass is 10.1. The minimum atomic E-state index is -0.277. The zero-order valence-electron chi connectivity index (χ0n) is 10.6. The van der Waals surface area contributed by atoms with Gasteiger partial charge < -0.3 is 5.32 Å². The molecule has 0 heterocycles. The summed E-state index contributed by atoms with van der Waals surface area (Å²) in [5, 5.41) is 3.42. The molecule has 1 aliphatic carbocycles. The lowest BCUT2D eigenvalue weighted by Gasteiger charge is -2.12. The van der Waals surface area contributed by atoms with Crippen LogP contribution in [0.1, 0.15) is 18.1 Å². The lowest BCUT2D eigenvalue weighted by Crippen LogP contribution is -2.07. The third-order valence-electron chi connectivity index (χ3n) is 3.35. The Bertz CT molecular complexity index is 743. The SMILES string of the molecule is CC(=O)Nc1c(Cl)cc2c(c1Cl)Cc1cc(F)ccc1-2. The second kappa shape index (κ2) is 4.76. The Morgan fingerprint density at radius 1 is 1.25 bits per heavy atom. The Labute approximate surface area is 125 Å². The van der Waals surface area contributed by atoms with E-state index in [1.54, 1.807) is 12.1 Å². The number of halogens is 3. The largest absolute Gasteiger partial charge is 0.324 e. The highest BCUT2D eigenvalue weighted by atomic mass is 35.5. The van der Waals surface area contributed by atoms with E-state index in [1.165, 1.54) is 19.1 Å². The van der Waals surface area contributed by atoms with Crippen LogP contribution in [0.15, 0.2) is 24.3 Å². The summed E-state index contributed by atoms with van der Waals surface area (Å²) in [6, 6.07) is 6.40. The average molecular weight is 310 g/mol. The van der Waals surface area contributed by atoms with Gasteiger partial charge in [0.15, 0.2) is 0 Å². The summed E-state index contributed by atoms with van der Waals surface area (Å²) >= 11 is 12.5. The quantitative estimate of drug-likeness (QED) is 0.696. The van der Waals surface area contributed by atoms with E-state index in [9.17, 15) is 9.18 Å². The molecule has 1 N–H and O–H groups in total. The van der Waals surface area contributed by atoms with Crippen molar-refractivity contribution in [3.8, 4) is 11.1 Å². The highest BCUT2D eigenvalue weighted by Gasteiger charge is 2.25. The number of rotatable bonds is 1. The van der Waals surface area contributed by atoms with Crippen molar-refractivity contribution >= 4 is 34.8 Å². The van der Waals surface area contributed by atoms with Gasteiger partial charge in [-0.2, -0.15) is 0 Å². The Balaban J connectivity index is 2.18. The van der Waals surface area contributed by atoms with Crippen LogP contribution in [-0.4, -0.2) is 5.91 Å². The van der Waals surface area contributed by atoms with Gasteiger partial charge in [-0.1, -0.05) is 29.3 Å². The number of benzene rings is 2. The minimum absolute atomic E-state index is 0.240. The maximum Gasteiger partial charge on any atom is 0.221 e. The van der Waals surface area contributed by atoms with Crippen molar-refractivity contribution < 1.29 is 9.18 Å². The Morgan fingerprint density at radius 2 is 2.00 bits per heavy atom. The highest BCUT2D eigenvalue weighted by Crippen LogP contribution is 2.46. The average Bonchev–Trinajstić information content (AvgIpc) is 2.72. The molecular formula is C15H10Cl2FNO. The first kappa shape index (κ1) is 13.4. The second-order valence-corrected chi connectivity index (χ2v) is 5.52. The fourth-order valence-corrected chi connectivity index (χ4v) is 3.14. The molecule has 0 saturated heterocycles. The maximum absolute atomic E-state index is 13.3. The van der Waals surface area contributed by atoms with Crippen molar-refractivity contribution in [2.45, 2.75) is 13.3 Å². The van der Waals surface area contributed by atoms with E-state index in [-0.39, 0.29) is 11.7 Å². The van der Waals surface area contributed by atoms with Crippen LogP contribution in [0.2, 0.25) is 10.0 Å². The van der Waals surface area contributed by atoms with Gasteiger partial charge in [0.05, 0.1) is 15.7 Å². The Morgan fingerprint density at radius 3 is 2.70 bits per heavy atom. The molecule has 2 nitrogen and oxygen atoms in total. The first-order valence-corrected chi connectivity index (χ1v) is 6.80. The van der Waals surface area contributed by atoms with Gasteiger partial charge >= 0.3 is 0 Å². The van der Waals surface area contributed by atoms with E-state index in [0.29, 0.717) is 22.2 Å². The van der Waals surface area contributed by atoms with E-state index in [2.05, 4.69) is 5.32 Å². The summed E-state index contributed by atoms with van der Waals surface area (Å²) in [6.07, 6.45) is 0.533. The topological polar surface area (TPSA) is 29.1 Å². The monoisotopic (exact) mass is 309 g/mol. The van der Waals surface area contributed by atoms with Crippen molar-refractivity contribution in [3.05, 3.63) is 51.3 Å². The Kier molecular flexibility index (Phi) is 3.19. The van der Waals surface area contributed by atoms with Crippen LogP contribution in [0.25, 0.3) is 11.1 Å². The molecular weight excluding hydrogens is 300 g/mol. The number of hydrogen-bond donors (Lipinski definition) is 1. The van der Waals surface area contributed by atoms with Crippen LogP contribution >= 0.6 is 23.2 Å². The number of hydrogen-bond acceptors (Lipinski definition) is 1. The molecule has 0 unspecified atom stereocenters. The molecule has 102 valence electrons. The molecule has 0 atom stereocenters. The fraction of sp³-hybridized carbons (Fsp3) is 0.133. The third kappa shape index (κ3) is 2.07. The first-order valence-electron chi connectivity index (χ1n) is 6.04. The maximum atomic E-state index is 13.3. The number of carbonyl (C=O) groups excluding carboxylic acids is 1. The van der Waals surface area contributed by atoms with E-state index in [1.807, 2.05) is 0 Å². The van der Waals surface area contributed by atoms with E-state index in [4.69, 9.17) is 23.2 Å². The fourth-order valence-electron chi connectivity index (χ4n) is 2.53. The van der Waals surface area contributed by atoms with Crippen LogP contribution in [0.5, 0.6) is 0 Å². The van der Waals surface area contributed by atoms with E-state index >= 15 is 0 Å². The van der Waals surface area contributed by atoms with Gasteiger partial charge in [-0.05, 0) is 40.5 Å². The molecule has 1 amide bonds. The van der Waals surface area contributed by atoms with E-state index in [0.717, 1.165) is 22.3 Å². The molecule has 20 heavy (non-hydrogen) atoms. The van der Waals surface area contributed by atoms with Gasteiger partial charge in [-0.25, -0.2) is 4.39 Å². The molecule has 0 aliphatic heterocycles. The van der Waals surface area contributed by atoms with Crippen molar-refractivity contribution in [3.63, 3.8) is 0 Å². The van der Waals surface area contributed by atoms with Gasteiger partial charge in [-0.15, -0.1) is 0 Å². The van der Waals surface area contributed by atoms with Crippen LogP contribution in [0, 0.1) is 5.82 Å². The van der Waals surface area contributed by atoms with Crippen LogP contribution in [0.4, 0.5) is 10.1 Å². The molecule has 0 spiro atoms. The van der Waals surface area contributed by atoms with Crippen molar-refractivity contribution in [2.75, 3.05) is 5.32 Å². The summed E-state index contributed by atoms with van der Waals surface area (Å²) in [5.74, 6) is -0.517. The molecule has 0 saturated carbocycles. The summed E-state index contributed by atoms with van der Waals surface area (Å²) < 4.78 is 13.3. The molecule has 3 rings (SSSR count). The van der Waals surface area contributed by atoms with Gasteiger partial charge in [0, 0.05) is 13.3 Å². The molecule has 0 fully saturated rings. The standard InChI is InChI=1S/C15H10Cl2FNO/c1-7(20)19-15-13(16)6-11-10-3-2-9(18)4-8(10)5-12(11)14(15)17/h2-4,6H,5H2,1H3,(H,19,20). The van der Waals surface area contributed by atoms with Crippen LogP contribution in [0.3, 0.4) is 0 Å². The number of anilines is 1. The molecule has 0 bridgehead atoms. The Hall–Kier alpha value is -1.58. The summed E-state index contributed by atoms with van der Waals surface area (Å²) in [7, 11) is 0. The van der Waals surface area contributed by atoms with Gasteiger partial charge in [0.1, 0.15) is 5.82 Å². The smallest absolute Gasteiger partial charge is 0.221 e. The number of amides is 1. The van der Waals surface area contributed by atoms with Crippen molar-refractivity contribution in [1.29, 1.82) is 0 Å². The van der Waals surface area contributed by atoms with Gasteiger partial charge in [0.25, 0.3) is 0 Å². The van der Waals surface area contributed by atoms with E-state index < -0.39 is 0 Å². The molecule has 0 radical (unpaired) electrons. The summed E-state index contributed by atoms with van der Waals surface area (Å²) in [6.45, 7) is 1.39. The number of nitrogens with one attached hydrogen (secondary N) is 1. The lowest BCUT2D eigenvalue weighted by molar-refractivity contribution is -0.114. The summed E-state index contributed by atoms with van der Waals surface area (Å²) in [4.78, 5) is 11.2. The molecule has 2 aromatic carbocycles. The second-order valence-electron chi connectivity index (χ2n) is 4.73. The van der Waals surface area contributed by atoms with Crippen molar-refractivity contribution in [1.82, 2.24) is 0 Å². The number of carbonyl (C=O) groups is 1.